The van der Waals surface area contributed by atoms with E-state index in [1.165, 1.54) is 0 Å². The second-order valence-corrected chi connectivity index (χ2v) is 5.15. The summed E-state index contributed by atoms with van der Waals surface area (Å²) in [7, 11) is 1.73. The van der Waals surface area contributed by atoms with Crippen LogP contribution in [0, 0.1) is 0 Å². The first kappa shape index (κ1) is 13.6. The second-order valence-electron chi connectivity index (χ2n) is 4.76. The Bertz CT molecular complexity index is 817. The zero-order valence-electron chi connectivity index (χ0n) is 11.5. The van der Waals surface area contributed by atoms with Crippen LogP contribution < -0.4 is 4.90 Å². The van der Waals surface area contributed by atoms with Crippen LogP contribution in [0.1, 0.15) is 10.4 Å². The summed E-state index contributed by atoms with van der Waals surface area (Å²) in [6.45, 7) is 0. The van der Waals surface area contributed by atoms with E-state index in [1.807, 2.05) is 42.5 Å². The number of hydrogen-bond acceptors (Lipinski definition) is 2. The van der Waals surface area contributed by atoms with E-state index in [0.717, 1.165) is 10.8 Å². The maximum absolute atomic E-state index is 12.6. The number of carbonyl (C=O) groups is 1. The van der Waals surface area contributed by atoms with Gasteiger partial charge < -0.3 is 4.90 Å². The fourth-order valence-corrected chi connectivity index (χ4v) is 2.40. The van der Waals surface area contributed by atoms with Gasteiger partial charge in [0.1, 0.15) is 5.15 Å². The Balaban J connectivity index is 1.96. The SMILES string of the molecule is CN(C(=O)c1ccc2ccccc2c1)c1ccnc(Cl)c1. The van der Waals surface area contributed by atoms with Crippen LogP contribution in [0.3, 0.4) is 0 Å². The lowest BCUT2D eigenvalue weighted by molar-refractivity contribution is 0.0993. The Hall–Kier alpha value is -2.39. The van der Waals surface area contributed by atoms with Gasteiger partial charge in [-0.05, 0) is 35.0 Å². The van der Waals surface area contributed by atoms with E-state index in [9.17, 15) is 4.79 Å². The molecule has 0 saturated carbocycles. The number of pyridine rings is 1. The lowest BCUT2D eigenvalue weighted by Crippen LogP contribution is -2.26. The van der Waals surface area contributed by atoms with Crippen LogP contribution in [0.25, 0.3) is 10.8 Å². The molecule has 0 fully saturated rings. The molecule has 1 heterocycles. The van der Waals surface area contributed by atoms with Crippen LogP contribution in [0.4, 0.5) is 5.69 Å². The minimum Gasteiger partial charge on any atom is -0.311 e. The van der Waals surface area contributed by atoms with Crippen LogP contribution in [-0.2, 0) is 0 Å². The highest BCUT2D eigenvalue weighted by Crippen LogP contribution is 2.20. The van der Waals surface area contributed by atoms with Crippen molar-refractivity contribution < 1.29 is 4.79 Å². The minimum atomic E-state index is -0.0805. The number of anilines is 1. The number of fused-ring (bicyclic) bond motifs is 1. The van der Waals surface area contributed by atoms with Crippen molar-refractivity contribution in [1.82, 2.24) is 4.98 Å². The Labute approximate surface area is 127 Å². The molecule has 0 radical (unpaired) electrons. The van der Waals surface area contributed by atoms with Crippen molar-refractivity contribution in [2.45, 2.75) is 0 Å². The summed E-state index contributed by atoms with van der Waals surface area (Å²) < 4.78 is 0. The third-order valence-electron chi connectivity index (χ3n) is 3.40. The van der Waals surface area contributed by atoms with Gasteiger partial charge in [0.15, 0.2) is 0 Å². The molecule has 3 nitrogen and oxygen atoms in total. The second kappa shape index (κ2) is 5.54. The van der Waals surface area contributed by atoms with Crippen molar-refractivity contribution in [3.8, 4) is 0 Å². The predicted octanol–water partition coefficient (Wildman–Crippen LogP) is 4.16. The number of nitrogens with zero attached hydrogens (tertiary/aromatic N) is 2. The van der Waals surface area contributed by atoms with Gasteiger partial charge in [-0.3, -0.25) is 4.79 Å². The number of rotatable bonds is 2. The molecule has 0 unspecified atom stereocenters. The van der Waals surface area contributed by atoms with Crippen molar-refractivity contribution in [2.24, 2.45) is 0 Å². The molecule has 0 aliphatic carbocycles. The first-order valence-corrected chi connectivity index (χ1v) is 6.91. The molecule has 0 spiro atoms. The molecular formula is C17H13ClN2O. The summed E-state index contributed by atoms with van der Waals surface area (Å²) in [5.74, 6) is -0.0805. The van der Waals surface area contributed by atoms with E-state index in [-0.39, 0.29) is 5.91 Å². The summed E-state index contributed by atoms with van der Waals surface area (Å²) in [4.78, 5) is 18.1. The van der Waals surface area contributed by atoms with Gasteiger partial charge in [0, 0.05) is 24.5 Å². The van der Waals surface area contributed by atoms with Gasteiger partial charge in [-0.2, -0.15) is 0 Å². The molecule has 0 aliphatic rings. The van der Waals surface area contributed by atoms with Crippen molar-refractivity contribution in [3.05, 3.63) is 71.5 Å². The van der Waals surface area contributed by atoms with Gasteiger partial charge in [-0.15, -0.1) is 0 Å². The van der Waals surface area contributed by atoms with Gasteiger partial charge in [-0.1, -0.05) is 41.9 Å². The van der Waals surface area contributed by atoms with Crippen molar-refractivity contribution in [3.63, 3.8) is 0 Å². The Morgan fingerprint density at radius 1 is 1.05 bits per heavy atom. The molecule has 3 aromatic rings. The van der Waals surface area contributed by atoms with E-state index in [0.29, 0.717) is 16.4 Å². The summed E-state index contributed by atoms with van der Waals surface area (Å²) in [6.07, 6.45) is 1.59. The Kier molecular flexibility index (Phi) is 3.59. The number of hydrogen-bond donors (Lipinski definition) is 0. The summed E-state index contributed by atoms with van der Waals surface area (Å²) >= 11 is 5.87. The minimum absolute atomic E-state index is 0.0805. The molecule has 1 aromatic heterocycles. The van der Waals surface area contributed by atoms with Gasteiger partial charge in [0.2, 0.25) is 0 Å². The maximum Gasteiger partial charge on any atom is 0.258 e. The van der Waals surface area contributed by atoms with Gasteiger partial charge in [0.05, 0.1) is 0 Å². The lowest BCUT2D eigenvalue weighted by atomic mass is 10.1. The van der Waals surface area contributed by atoms with Crippen LogP contribution in [0.15, 0.2) is 60.8 Å². The van der Waals surface area contributed by atoms with Crippen LogP contribution in [0.2, 0.25) is 5.15 Å². The normalized spacial score (nSPS) is 10.6. The molecule has 21 heavy (non-hydrogen) atoms. The average molecular weight is 297 g/mol. The third-order valence-corrected chi connectivity index (χ3v) is 3.61. The molecule has 0 bridgehead atoms. The summed E-state index contributed by atoms with van der Waals surface area (Å²) in [5, 5.41) is 2.53. The van der Waals surface area contributed by atoms with Crippen LogP contribution >= 0.6 is 11.6 Å². The van der Waals surface area contributed by atoms with E-state index >= 15 is 0 Å². The Morgan fingerprint density at radius 3 is 2.57 bits per heavy atom. The zero-order chi connectivity index (χ0) is 14.8. The highest BCUT2D eigenvalue weighted by molar-refractivity contribution is 6.29. The topological polar surface area (TPSA) is 33.2 Å². The molecule has 0 saturated heterocycles. The van der Waals surface area contributed by atoms with Gasteiger partial charge >= 0.3 is 0 Å². The van der Waals surface area contributed by atoms with Crippen LogP contribution in [0.5, 0.6) is 0 Å². The zero-order valence-corrected chi connectivity index (χ0v) is 12.2. The number of halogens is 1. The third kappa shape index (κ3) is 2.73. The maximum atomic E-state index is 12.6. The highest BCUT2D eigenvalue weighted by Gasteiger charge is 2.14. The summed E-state index contributed by atoms with van der Waals surface area (Å²) in [5.41, 5.74) is 1.36. The monoisotopic (exact) mass is 296 g/mol. The molecule has 104 valence electrons. The predicted molar refractivity (Wildman–Crippen MR) is 85.9 cm³/mol. The number of aromatic nitrogens is 1. The molecular weight excluding hydrogens is 284 g/mol. The molecule has 2 aromatic carbocycles. The smallest absolute Gasteiger partial charge is 0.258 e. The average Bonchev–Trinajstić information content (AvgIpc) is 2.53. The molecule has 0 N–H and O–H groups in total. The highest BCUT2D eigenvalue weighted by atomic mass is 35.5. The number of benzene rings is 2. The van der Waals surface area contributed by atoms with E-state index in [1.54, 1.807) is 30.3 Å². The first-order valence-electron chi connectivity index (χ1n) is 6.53. The molecule has 3 rings (SSSR count). The van der Waals surface area contributed by atoms with Gasteiger partial charge in [-0.25, -0.2) is 4.98 Å². The molecule has 0 atom stereocenters. The molecule has 1 amide bonds. The molecule has 0 aliphatic heterocycles. The summed E-state index contributed by atoms with van der Waals surface area (Å²) in [6, 6.07) is 17.1. The number of amides is 1. The van der Waals surface area contributed by atoms with Gasteiger partial charge in [0.25, 0.3) is 5.91 Å². The van der Waals surface area contributed by atoms with Crippen LogP contribution in [-0.4, -0.2) is 17.9 Å². The van der Waals surface area contributed by atoms with Crippen molar-refractivity contribution in [1.29, 1.82) is 0 Å². The van der Waals surface area contributed by atoms with E-state index in [2.05, 4.69) is 4.98 Å². The molecule has 4 heteroatoms. The quantitative estimate of drug-likeness (QED) is 0.665. The van der Waals surface area contributed by atoms with Crippen molar-refractivity contribution >= 4 is 34.0 Å². The van der Waals surface area contributed by atoms with E-state index < -0.39 is 0 Å². The largest absolute Gasteiger partial charge is 0.311 e. The fraction of sp³-hybridized carbons (Fsp3) is 0.0588. The van der Waals surface area contributed by atoms with Crippen molar-refractivity contribution in [2.75, 3.05) is 11.9 Å². The fourth-order valence-electron chi connectivity index (χ4n) is 2.23. The standard InChI is InChI=1S/C17H13ClN2O/c1-20(15-8-9-19-16(18)11-15)17(21)14-7-6-12-4-2-3-5-13(12)10-14/h2-11H,1H3. The number of carbonyl (C=O) groups excluding carboxylic acids is 1. The Morgan fingerprint density at radius 2 is 1.81 bits per heavy atom. The lowest BCUT2D eigenvalue weighted by Gasteiger charge is -2.17. The van der Waals surface area contributed by atoms with E-state index in [4.69, 9.17) is 11.6 Å². The first-order chi connectivity index (χ1) is 10.1.